The summed E-state index contributed by atoms with van der Waals surface area (Å²) in [5, 5.41) is 5.59. The van der Waals surface area contributed by atoms with E-state index in [0.717, 1.165) is 5.56 Å². The molecule has 2 aromatic carbocycles. The van der Waals surface area contributed by atoms with Gasteiger partial charge in [0, 0.05) is 28.6 Å². The van der Waals surface area contributed by atoms with Crippen molar-refractivity contribution in [1.82, 2.24) is 10.3 Å². The van der Waals surface area contributed by atoms with Crippen LogP contribution in [0.3, 0.4) is 0 Å². The van der Waals surface area contributed by atoms with E-state index in [9.17, 15) is 9.59 Å². The number of alkyl halides is 1. The maximum absolute atomic E-state index is 13.0. The van der Waals surface area contributed by atoms with Crippen LogP contribution in [0.1, 0.15) is 38.2 Å². The Labute approximate surface area is 175 Å². The van der Waals surface area contributed by atoms with Crippen LogP contribution in [0.5, 0.6) is 0 Å². The Morgan fingerprint density at radius 2 is 1.96 bits per heavy atom. The van der Waals surface area contributed by atoms with Gasteiger partial charge in [-0.1, -0.05) is 47.5 Å². The second-order valence-corrected chi connectivity index (χ2v) is 8.11. The molecule has 1 N–H and O–H groups in total. The lowest BCUT2D eigenvalue weighted by molar-refractivity contribution is 0.0932. The summed E-state index contributed by atoms with van der Waals surface area (Å²) in [7, 11) is 0. The Bertz CT molecular complexity index is 1010. The van der Waals surface area contributed by atoms with E-state index in [4.69, 9.17) is 23.2 Å². The molecule has 0 bridgehead atoms. The number of nitrogens with one attached hydrogen (secondary N) is 1. The molecule has 28 heavy (non-hydrogen) atoms. The molecule has 0 radical (unpaired) electrons. The molecule has 0 spiro atoms. The van der Waals surface area contributed by atoms with Gasteiger partial charge in [-0.05, 0) is 29.8 Å². The molecule has 1 aliphatic heterocycles. The first-order valence-electron chi connectivity index (χ1n) is 8.57. The molecule has 8 heteroatoms. The summed E-state index contributed by atoms with van der Waals surface area (Å²) < 4.78 is 0. The molecule has 2 heterocycles. The number of carbonyl (C=O) groups excluding carboxylic acids is 2. The van der Waals surface area contributed by atoms with Crippen molar-refractivity contribution in [3.05, 3.63) is 81.3 Å². The standard InChI is InChI=1S/C20H15Cl2N3O2S/c21-13-6-7-14-15(24-18(26)12-4-2-1-3-5-12)11-17(22)25(16(14)10-13)20(27)19-23-8-9-28-19/h1-10,15,17H,11H2,(H,24,26). The number of nitrogens with zero attached hydrogens (tertiary/aromatic N) is 2. The van der Waals surface area contributed by atoms with Crippen molar-refractivity contribution in [2.75, 3.05) is 4.90 Å². The average molecular weight is 432 g/mol. The molecule has 0 saturated heterocycles. The minimum Gasteiger partial charge on any atom is -0.345 e. The third-order valence-electron chi connectivity index (χ3n) is 4.51. The number of fused-ring (bicyclic) bond motifs is 1. The number of carbonyl (C=O) groups is 2. The predicted octanol–water partition coefficient (Wildman–Crippen LogP) is 4.88. The Morgan fingerprint density at radius 1 is 1.18 bits per heavy atom. The molecule has 5 nitrogen and oxygen atoms in total. The molecule has 0 aliphatic carbocycles. The second-order valence-electron chi connectivity index (χ2n) is 6.28. The van der Waals surface area contributed by atoms with Crippen LogP contribution in [0.4, 0.5) is 5.69 Å². The van der Waals surface area contributed by atoms with Crippen LogP contribution < -0.4 is 10.2 Å². The van der Waals surface area contributed by atoms with Gasteiger partial charge in [0.05, 0.1) is 11.7 Å². The van der Waals surface area contributed by atoms with Gasteiger partial charge in [-0.3, -0.25) is 14.5 Å². The van der Waals surface area contributed by atoms with Crippen LogP contribution in [0.15, 0.2) is 60.1 Å². The van der Waals surface area contributed by atoms with Crippen molar-refractivity contribution in [1.29, 1.82) is 0 Å². The lowest BCUT2D eigenvalue weighted by Crippen LogP contribution is -2.45. The molecule has 0 saturated carbocycles. The van der Waals surface area contributed by atoms with Gasteiger partial charge in [0.2, 0.25) is 0 Å². The highest BCUT2D eigenvalue weighted by Gasteiger charge is 2.37. The van der Waals surface area contributed by atoms with E-state index in [1.165, 1.54) is 16.2 Å². The molecule has 142 valence electrons. The van der Waals surface area contributed by atoms with Gasteiger partial charge in [0.15, 0.2) is 5.01 Å². The van der Waals surface area contributed by atoms with E-state index in [1.807, 2.05) is 24.3 Å². The fourth-order valence-electron chi connectivity index (χ4n) is 3.23. The summed E-state index contributed by atoms with van der Waals surface area (Å²) in [5.74, 6) is -0.485. The minimum atomic E-state index is -0.650. The van der Waals surface area contributed by atoms with E-state index < -0.39 is 5.50 Å². The van der Waals surface area contributed by atoms with Crippen molar-refractivity contribution in [3.63, 3.8) is 0 Å². The third-order valence-corrected chi connectivity index (χ3v) is 5.88. The van der Waals surface area contributed by atoms with Gasteiger partial charge in [-0.2, -0.15) is 0 Å². The highest BCUT2D eigenvalue weighted by atomic mass is 35.5. The van der Waals surface area contributed by atoms with Gasteiger partial charge in [-0.15, -0.1) is 11.3 Å². The zero-order valence-electron chi connectivity index (χ0n) is 14.5. The summed E-state index contributed by atoms with van der Waals surface area (Å²) in [4.78, 5) is 31.2. The van der Waals surface area contributed by atoms with E-state index in [-0.39, 0.29) is 17.9 Å². The minimum absolute atomic E-state index is 0.199. The highest BCUT2D eigenvalue weighted by molar-refractivity contribution is 7.11. The van der Waals surface area contributed by atoms with Crippen molar-refractivity contribution in [3.8, 4) is 0 Å². The van der Waals surface area contributed by atoms with Crippen LogP contribution in [0, 0.1) is 0 Å². The van der Waals surface area contributed by atoms with Gasteiger partial charge in [-0.25, -0.2) is 4.98 Å². The van der Waals surface area contributed by atoms with Crippen molar-refractivity contribution < 1.29 is 9.59 Å². The summed E-state index contributed by atoms with van der Waals surface area (Å²) in [6.45, 7) is 0. The summed E-state index contributed by atoms with van der Waals surface area (Å²) in [6, 6.07) is 13.9. The maximum Gasteiger partial charge on any atom is 0.288 e. The van der Waals surface area contributed by atoms with Gasteiger partial charge >= 0.3 is 0 Å². The maximum atomic E-state index is 13.0. The number of hydrogen-bond donors (Lipinski definition) is 1. The fourth-order valence-corrected chi connectivity index (χ4v) is 4.34. The zero-order valence-corrected chi connectivity index (χ0v) is 16.8. The van der Waals surface area contributed by atoms with Crippen LogP contribution in [-0.2, 0) is 0 Å². The van der Waals surface area contributed by atoms with Crippen LogP contribution >= 0.6 is 34.5 Å². The molecule has 1 aromatic heterocycles. The Balaban J connectivity index is 1.68. The SMILES string of the molecule is O=C(NC1CC(Cl)N(C(=O)c2nccs2)c2cc(Cl)ccc21)c1ccccc1. The number of thiazole rings is 1. The molecule has 3 aromatic rings. The topological polar surface area (TPSA) is 62.3 Å². The summed E-state index contributed by atoms with van der Waals surface area (Å²) >= 11 is 14.0. The number of benzene rings is 2. The van der Waals surface area contributed by atoms with E-state index in [1.54, 1.807) is 35.8 Å². The Kier molecular flexibility index (Phi) is 5.35. The predicted molar refractivity (Wildman–Crippen MR) is 111 cm³/mol. The summed E-state index contributed by atoms with van der Waals surface area (Å²) in [5.41, 5.74) is 1.28. The molecule has 2 unspecified atom stereocenters. The highest BCUT2D eigenvalue weighted by Crippen LogP contribution is 2.41. The monoisotopic (exact) mass is 431 g/mol. The van der Waals surface area contributed by atoms with Crippen LogP contribution in [0.2, 0.25) is 5.02 Å². The van der Waals surface area contributed by atoms with E-state index in [0.29, 0.717) is 27.7 Å². The molecular weight excluding hydrogens is 417 g/mol. The van der Waals surface area contributed by atoms with E-state index >= 15 is 0 Å². The molecule has 4 rings (SSSR count). The van der Waals surface area contributed by atoms with Gasteiger partial charge < -0.3 is 5.32 Å². The average Bonchev–Trinajstić information content (AvgIpc) is 3.23. The molecule has 1 aliphatic rings. The fraction of sp³-hybridized carbons (Fsp3) is 0.150. The molecule has 2 atom stereocenters. The Morgan fingerprint density at radius 3 is 2.68 bits per heavy atom. The third kappa shape index (κ3) is 3.63. The van der Waals surface area contributed by atoms with Crippen molar-refractivity contribution in [2.45, 2.75) is 18.0 Å². The molecule has 2 amide bonds. The number of anilines is 1. The number of aromatic nitrogens is 1. The van der Waals surface area contributed by atoms with Crippen molar-refractivity contribution in [2.24, 2.45) is 0 Å². The first kappa shape index (κ1) is 18.9. The summed E-state index contributed by atoms with van der Waals surface area (Å²) in [6.07, 6.45) is 1.94. The molecule has 0 fully saturated rings. The first-order chi connectivity index (χ1) is 13.5. The van der Waals surface area contributed by atoms with Crippen molar-refractivity contribution >= 4 is 52.0 Å². The number of amides is 2. The smallest absolute Gasteiger partial charge is 0.288 e. The quantitative estimate of drug-likeness (QED) is 0.474. The number of hydrogen-bond acceptors (Lipinski definition) is 4. The zero-order chi connectivity index (χ0) is 19.7. The normalized spacial score (nSPS) is 18.4. The lowest BCUT2D eigenvalue weighted by Gasteiger charge is -2.38. The largest absolute Gasteiger partial charge is 0.345 e. The second kappa shape index (κ2) is 7.91. The lowest BCUT2D eigenvalue weighted by atomic mass is 9.95. The van der Waals surface area contributed by atoms with Crippen LogP contribution in [-0.4, -0.2) is 22.3 Å². The van der Waals surface area contributed by atoms with Gasteiger partial charge in [0.1, 0.15) is 5.50 Å². The number of rotatable bonds is 3. The Hall–Kier alpha value is -2.41. The van der Waals surface area contributed by atoms with E-state index in [2.05, 4.69) is 10.3 Å². The molecular formula is C20H15Cl2N3O2S. The van der Waals surface area contributed by atoms with Gasteiger partial charge in [0.25, 0.3) is 11.8 Å². The number of halogens is 2. The first-order valence-corrected chi connectivity index (χ1v) is 10.3. The van der Waals surface area contributed by atoms with Crippen LogP contribution in [0.25, 0.3) is 0 Å².